The van der Waals surface area contributed by atoms with Gasteiger partial charge in [0.2, 0.25) is 0 Å². The summed E-state index contributed by atoms with van der Waals surface area (Å²) < 4.78 is 22.5. The molecule has 0 atom stereocenters. The van der Waals surface area contributed by atoms with E-state index < -0.39 is 0 Å². The average molecular weight is 278 g/mol. The van der Waals surface area contributed by atoms with E-state index in [-0.39, 0.29) is 17.4 Å². The molecule has 0 aliphatic heterocycles. The SMILES string of the molecule is Cc1cccc2ccccc12.[C-]#[O+].[C-]#[O+].[C-]#[O+].[Cr]. The number of rotatable bonds is 0. The minimum atomic E-state index is 0. The van der Waals surface area contributed by atoms with E-state index in [1.165, 1.54) is 16.3 Å². The molecule has 4 heteroatoms. The van der Waals surface area contributed by atoms with Crippen LogP contribution in [-0.2, 0) is 31.3 Å². The largest absolute Gasteiger partial charge is 0 e. The molecule has 0 saturated carbocycles. The molecular weight excluding hydrogens is 268 g/mol. The summed E-state index contributed by atoms with van der Waals surface area (Å²) in [6.45, 7) is 15.6. The van der Waals surface area contributed by atoms with Gasteiger partial charge in [-0.3, -0.25) is 0 Å². The van der Waals surface area contributed by atoms with Crippen LogP contribution in [-0.4, -0.2) is 0 Å². The van der Waals surface area contributed by atoms with E-state index >= 15 is 0 Å². The van der Waals surface area contributed by atoms with Crippen LogP contribution in [0.2, 0.25) is 0 Å². The molecule has 0 heterocycles. The van der Waals surface area contributed by atoms with Crippen LogP contribution < -0.4 is 0 Å². The Hall–Kier alpha value is -1.55. The average Bonchev–Trinajstić information content (AvgIpc) is 2.46. The number of hydrogen-bond acceptors (Lipinski definition) is 0. The van der Waals surface area contributed by atoms with Gasteiger partial charge in [-0.1, -0.05) is 42.5 Å². The molecule has 0 spiro atoms. The maximum Gasteiger partial charge on any atom is 0 e. The van der Waals surface area contributed by atoms with E-state index in [2.05, 4.69) is 69.3 Å². The van der Waals surface area contributed by atoms with Crippen LogP contribution in [0.25, 0.3) is 10.8 Å². The van der Waals surface area contributed by atoms with Gasteiger partial charge in [0, 0.05) is 17.4 Å². The van der Waals surface area contributed by atoms with Crippen LogP contribution in [0.15, 0.2) is 42.5 Å². The summed E-state index contributed by atoms with van der Waals surface area (Å²) in [6.07, 6.45) is 0. The third-order valence-corrected chi connectivity index (χ3v) is 2.01. The maximum absolute atomic E-state index is 7.50. The first-order valence-corrected chi connectivity index (χ1v) is 4.43. The normalized spacial score (nSPS) is 6.61. The van der Waals surface area contributed by atoms with Crippen molar-refractivity contribution in [3.05, 3.63) is 68.0 Å². The zero-order chi connectivity index (χ0) is 13.7. The number of hydrogen-bond donors (Lipinski definition) is 0. The predicted octanol–water partition coefficient (Wildman–Crippen LogP) is 3.03. The minimum Gasteiger partial charge on any atom is 0 e. The molecule has 0 saturated heterocycles. The van der Waals surface area contributed by atoms with Gasteiger partial charge in [-0.2, -0.15) is 0 Å². The van der Waals surface area contributed by atoms with Crippen molar-refractivity contribution >= 4 is 10.8 Å². The summed E-state index contributed by atoms with van der Waals surface area (Å²) in [4.78, 5) is 0. The molecule has 0 aliphatic rings. The Morgan fingerprint density at radius 3 is 1.67 bits per heavy atom. The summed E-state index contributed by atoms with van der Waals surface area (Å²) in [5.74, 6) is 0. The van der Waals surface area contributed by atoms with Crippen molar-refractivity contribution in [3.8, 4) is 0 Å². The molecule has 0 fully saturated rings. The molecule has 2 rings (SSSR count). The van der Waals surface area contributed by atoms with Crippen molar-refractivity contribution in [1.29, 1.82) is 0 Å². The smallest absolute Gasteiger partial charge is 0 e. The predicted molar refractivity (Wildman–Crippen MR) is 60.5 cm³/mol. The Morgan fingerprint density at radius 1 is 0.722 bits per heavy atom. The van der Waals surface area contributed by atoms with Crippen LogP contribution in [0.3, 0.4) is 0 Å². The van der Waals surface area contributed by atoms with Crippen LogP contribution in [0.4, 0.5) is 0 Å². The Morgan fingerprint density at radius 2 is 1.17 bits per heavy atom. The third-order valence-electron chi connectivity index (χ3n) is 2.01. The first kappa shape index (κ1) is 21.7. The number of aryl methyl sites for hydroxylation is 1. The number of fused-ring (bicyclic) bond motifs is 1. The van der Waals surface area contributed by atoms with E-state index in [0.717, 1.165) is 0 Å². The topological polar surface area (TPSA) is 59.7 Å². The Labute approximate surface area is 117 Å². The molecule has 0 aliphatic carbocycles. The van der Waals surface area contributed by atoms with E-state index in [1.807, 2.05) is 0 Å². The Balaban J connectivity index is -0.000000285. The molecule has 0 amide bonds. The zero-order valence-corrected chi connectivity index (χ0v) is 10.9. The quantitative estimate of drug-likeness (QED) is 0.525. The van der Waals surface area contributed by atoms with Gasteiger partial charge in [-0.25, -0.2) is 0 Å². The molecule has 0 radical (unpaired) electrons. The van der Waals surface area contributed by atoms with E-state index in [1.54, 1.807) is 0 Å². The zero-order valence-electron chi connectivity index (χ0n) is 9.67. The molecule has 0 aromatic heterocycles. The fraction of sp³-hybridized carbons (Fsp3) is 0.0714. The van der Waals surface area contributed by atoms with Gasteiger partial charge < -0.3 is 0 Å². The van der Waals surface area contributed by atoms with Crippen molar-refractivity contribution in [1.82, 2.24) is 0 Å². The first-order chi connectivity index (χ1) is 8.38. The summed E-state index contributed by atoms with van der Waals surface area (Å²) in [7, 11) is 0. The second kappa shape index (κ2) is 15.5. The Bertz CT molecular complexity index is 481. The van der Waals surface area contributed by atoms with Crippen LogP contribution in [0, 0.1) is 26.9 Å². The number of benzene rings is 2. The Kier molecular flexibility index (Phi) is 18.6. The van der Waals surface area contributed by atoms with E-state index in [4.69, 9.17) is 14.0 Å². The van der Waals surface area contributed by atoms with Gasteiger partial charge in [0.05, 0.1) is 0 Å². The van der Waals surface area contributed by atoms with Crippen molar-refractivity contribution in [2.24, 2.45) is 0 Å². The van der Waals surface area contributed by atoms with Crippen molar-refractivity contribution < 1.29 is 31.3 Å². The second-order valence-corrected chi connectivity index (χ2v) is 2.80. The third kappa shape index (κ3) is 6.91. The van der Waals surface area contributed by atoms with Crippen molar-refractivity contribution in [2.45, 2.75) is 6.92 Å². The summed E-state index contributed by atoms with van der Waals surface area (Å²) in [5.41, 5.74) is 1.35. The van der Waals surface area contributed by atoms with Gasteiger partial charge in [-0.15, -0.1) is 0 Å². The maximum atomic E-state index is 7.50. The van der Waals surface area contributed by atoms with E-state index in [0.29, 0.717) is 0 Å². The molecular formula is C14H10CrO3. The molecule has 90 valence electrons. The minimum absolute atomic E-state index is 0. The molecule has 2 aromatic carbocycles. The van der Waals surface area contributed by atoms with Gasteiger partial charge in [0.15, 0.2) is 0 Å². The first-order valence-electron chi connectivity index (χ1n) is 4.43. The molecule has 18 heavy (non-hydrogen) atoms. The monoisotopic (exact) mass is 278 g/mol. The fourth-order valence-corrected chi connectivity index (χ4v) is 1.39. The van der Waals surface area contributed by atoms with Crippen LogP contribution in [0.1, 0.15) is 5.56 Å². The summed E-state index contributed by atoms with van der Waals surface area (Å²) in [6, 6.07) is 14.8. The van der Waals surface area contributed by atoms with Gasteiger partial charge in [0.1, 0.15) is 0 Å². The summed E-state index contributed by atoms with van der Waals surface area (Å²) in [5, 5.41) is 2.68. The molecule has 0 unspecified atom stereocenters. The van der Waals surface area contributed by atoms with Gasteiger partial charge >= 0.3 is 33.9 Å². The second-order valence-electron chi connectivity index (χ2n) is 2.80. The van der Waals surface area contributed by atoms with Crippen LogP contribution >= 0.6 is 0 Å². The summed E-state index contributed by atoms with van der Waals surface area (Å²) >= 11 is 0. The van der Waals surface area contributed by atoms with Gasteiger partial charge in [0.25, 0.3) is 0 Å². The molecule has 3 nitrogen and oxygen atoms in total. The standard InChI is InChI=1S/C11H10.3CO.Cr/c1-9-5-4-7-10-6-2-3-8-11(9)10;3*1-2;/h2-8H,1H3;;;;. The molecule has 0 N–H and O–H groups in total. The van der Waals surface area contributed by atoms with Gasteiger partial charge in [-0.05, 0) is 23.3 Å². The molecule has 0 bridgehead atoms. The van der Waals surface area contributed by atoms with Crippen molar-refractivity contribution in [3.63, 3.8) is 0 Å². The fourth-order valence-electron chi connectivity index (χ4n) is 1.39. The van der Waals surface area contributed by atoms with Crippen LogP contribution in [0.5, 0.6) is 0 Å². The van der Waals surface area contributed by atoms with Crippen molar-refractivity contribution in [2.75, 3.05) is 0 Å². The van der Waals surface area contributed by atoms with E-state index in [9.17, 15) is 0 Å². The molecule has 2 aromatic rings.